The molecule has 21 heavy (non-hydrogen) atoms. The summed E-state index contributed by atoms with van der Waals surface area (Å²) in [6.45, 7) is 5.22. The quantitative estimate of drug-likeness (QED) is 0.816. The van der Waals surface area contributed by atoms with Crippen molar-refractivity contribution in [1.29, 1.82) is 0 Å². The third-order valence-corrected chi connectivity index (χ3v) is 3.58. The molecule has 1 amide bonds. The highest BCUT2D eigenvalue weighted by Crippen LogP contribution is 2.23. The topological polar surface area (TPSA) is 42.4 Å². The molecule has 0 N–H and O–H groups in total. The van der Waals surface area contributed by atoms with Crippen LogP contribution in [-0.2, 0) is 0 Å². The predicted molar refractivity (Wildman–Crippen MR) is 85.7 cm³/mol. The molecular weight excluding hydrogens is 332 g/mol. The molecule has 0 aliphatic carbocycles. The summed E-state index contributed by atoms with van der Waals surface area (Å²) < 4.78 is 6.73. The van der Waals surface area contributed by atoms with Gasteiger partial charge in [0.25, 0.3) is 5.91 Å². The van der Waals surface area contributed by atoms with E-state index in [1.54, 1.807) is 23.2 Å². The summed E-state index contributed by atoms with van der Waals surface area (Å²) in [5, 5.41) is 0. The number of hydrogen-bond donors (Lipinski definition) is 0. The Balaban J connectivity index is 2.17. The monoisotopic (exact) mass is 348 g/mol. The van der Waals surface area contributed by atoms with E-state index >= 15 is 0 Å². The lowest BCUT2D eigenvalue weighted by Crippen LogP contribution is -2.31. The second kappa shape index (κ2) is 7.22. The summed E-state index contributed by atoms with van der Waals surface area (Å²) in [6, 6.07) is 10.9. The minimum Gasteiger partial charge on any atom is -0.457 e. The Hall–Kier alpha value is -1.88. The molecular formula is C16H17BrN2O2. The molecule has 1 aromatic carbocycles. The molecule has 0 aliphatic rings. The normalized spacial score (nSPS) is 10.2. The third kappa shape index (κ3) is 4.04. The van der Waals surface area contributed by atoms with Crippen LogP contribution in [0.25, 0.3) is 0 Å². The van der Waals surface area contributed by atoms with Gasteiger partial charge in [0.05, 0.1) is 0 Å². The van der Waals surface area contributed by atoms with E-state index in [0.29, 0.717) is 30.3 Å². The van der Waals surface area contributed by atoms with E-state index in [9.17, 15) is 4.79 Å². The standard InChI is InChI=1S/C16H17BrN2O2/c1-3-19(4-2)16(20)15-11-14(9-10-18-15)21-13-7-5-12(17)6-8-13/h5-11H,3-4H2,1-2H3. The molecule has 0 spiro atoms. The number of carbonyl (C=O) groups excluding carboxylic acids is 1. The number of pyridine rings is 1. The molecule has 0 saturated heterocycles. The summed E-state index contributed by atoms with van der Waals surface area (Å²) in [5.41, 5.74) is 0.397. The van der Waals surface area contributed by atoms with E-state index in [0.717, 1.165) is 4.47 Å². The highest BCUT2D eigenvalue weighted by atomic mass is 79.9. The number of ether oxygens (including phenoxy) is 1. The van der Waals surface area contributed by atoms with Gasteiger partial charge in [0.2, 0.25) is 0 Å². The van der Waals surface area contributed by atoms with Crippen molar-refractivity contribution in [1.82, 2.24) is 9.88 Å². The Labute approximate surface area is 132 Å². The van der Waals surface area contributed by atoms with E-state index < -0.39 is 0 Å². The van der Waals surface area contributed by atoms with E-state index in [1.807, 2.05) is 38.1 Å². The first kappa shape index (κ1) is 15.5. The van der Waals surface area contributed by atoms with Crippen LogP contribution in [0, 0.1) is 0 Å². The molecule has 0 fully saturated rings. The number of rotatable bonds is 5. The van der Waals surface area contributed by atoms with Crippen LogP contribution < -0.4 is 4.74 Å². The molecule has 0 aliphatic heterocycles. The highest BCUT2D eigenvalue weighted by Gasteiger charge is 2.14. The molecule has 0 unspecified atom stereocenters. The fourth-order valence-electron chi connectivity index (χ4n) is 1.90. The third-order valence-electron chi connectivity index (χ3n) is 3.05. The fraction of sp³-hybridized carbons (Fsp3) is 0.250. The van der Waals surface area contributed by atoms with Crippen LogP contribution in [0.4, 0.5) is 0 Å². The first-order valence-corrected chi connectivity index (χ1v) is 7.62. The van der Waals surface area contributed by atoms with Crippen LogP contribution in [0.15, 0.2) is 47.1 Å². The maximum absolute atomic E-state index is 12.3. The maximum Gasteiger partial charge on any atom is 0.272 e. The van der Waals surface area contributed by atoms with Crippen molar-refractivity contribution < 1.29 is 9.53 Å². The maximum atomic E-state index is 12.3. The zero-order valence-corrected chi connectivity index (χ0v) is 13.6. The van der Waals surface area contributed by atoms with Crippen LogP contribution in [-0.4, -0.2) is 28.9 Å². The first-order valence-electron chi connectivity index (χ1n) is 6.82. The van der Waals surface area contributed by atoms with Gasteiger partial charge >= 0.3 is 0 Å². The molecule has 110 valence electrons. The van der Waals surface area contributed by atoms with Crippen molar-refractivity contribution in [3.63, 3.8) is 0 Å². The van der Waals surface area contributed by atoms with Crippen LogP contribution in [0.5, 0.6) is 11.5 Å². The van der Waals surface area contributed by atoms with Gasteiger partial charge in [-0.2, -0.15) is 0 Å². The number of carbonyl (C=O) groups is 1. The van der Waals surface area contributed by atoms with Gasteiger partial charge in [-0.05, 0) is 44.2 Å². The second-order valence-corrected chi connectivity index (χ2v) is 5.33. The predicted octanol–water partition coefficient (Wildman–Crippen LogP) is 4.12. The van der Waals surface area contributed by atoms with Crippen molar-refractivity contribution in [3.8, 4) is 11.5 Å². The Kier molecular flexibility index (Phi) is 5.33. The van der Waals surface area contributed by atoms with Gasteiger partial charge < -0.3 is 9.64 Å². The summed E-state index contributed by atoms with van der Waals surface area (Å²) in [6.07, 6.45) is 1.59. The zero-order chi connectivity index (χ0) is 15.2. The van der Waals surface area contributed by atoms with Gasteiger partial charge in [-0.1, -0.05) is 15.9 Å². The van der Waals surface area contributed by atoms with Gasteiger partial charge in [0.1, 0.15) is 17.2 Å². The lowest BCUT2D eigenvalue weighted by atomic mass is 10.3. The Morgan fingerprint density at radius 1 is 1.14 bits per heavy atom. The van der Waals surface area contributed by atoms with Crippen LogP contribution >= 0.6 is 15.9 Å². The Morgan fingerprint density at radius 3 is 2.43 bits per heavy atom. The molecule has 0 bridgehead atoms. The molecule has 0 atom stereocenters. The molecule has 2 rings (SSSR count). The number of hydrogen-bond acceptors (Lipinski definition) is 3. The highest BCUT2D eigenvalue weighted by molar-refractivity contribution is 9.10. The van der Waals surface area contributed by atoms with Crippen molar-refractivity contribution in [3.05, 3.63) is 52.8 Å². The summed E-state index contributed by atoms with van der Waals surface area (Å²) in [7, 11) is 0. The van der Waals surface area contributed by atoms with E-state index in [4.69, 9.17) is 4.74 Å². The lowest BCUT2D eigenvalue weighted by molar-refractivity contribution is 0.0767. The van der Waals surface area contributed by atoms with Crippen LogP contribution in [0.2, 0.25) is 0 Å². The van der Waals surface area contributed by atoms with Gasteiger partial charge in [0.15, 0.2) is 0 Å². The molecule has 2 aromatic rings. The smallest absolute Gasteiger partial charge is 0.272 e. The number of benzene rings is 1. The van der Waals surface area contributed by atoms with Crippen molar-refractivity contribution in [2.24, 2.45) is 0 Å². The molecule has 5 heteroatoms. The van der Waals surface area contributed by atoms with E-state index in [2.05, 4.69) is 20.9 Å². The minimum absolute atomic E-state index is 0.0822. The van der Waals surface area contributed by atoms with Gasteiger partial charge in [-0.15, -0.1) is 0 Å². The van der Waals surface area contributed by atoms with Gasteiger partial charge in [0, 0.05) is 29.8 Å². The molecule has 0 radical (unpaired) electrons. The van der Waals surface area contributed by atoms with Crippen molar-refractivity contribution >= 4 is 21.8 Å². The Morgan fingerprint density at radius 2 is 1.81 bits per heavy atom. The van der Waals surface area contributed by atoms with Crippen LogP contribution in [0.1, 0.15) is 24.3 Å². The van der Waals surface area contributed by atoms with Gasteiger partial charge in [-0.3, -0.25) is 9.78 Å². The van der Waals surface area contributed by atoms with E-state index in [-0.39, 0.29) is 5.91 Å². The zero-order valence-electron chi connectivity index (χ0n) is 12.0. The van der Waals surface area contributed by atoms with Crippen LogP contribution in [0.3, 0.4) is 0 Å². The molecule has 1 aromatic heterocycles. The summed E-state index contributed by atoms with van der Waals surface area (Å²) in [5.74, 6) is 1.23. The molecule has 0 saturated carbocycles. The summed E-state index contributed by atoms with van der Waals surface area (Å²) >= 11 is 3.38. The first-order chi connectivity index (χ1) is 10.1. The lowest BCUT2D eigenvalue weighted by Gasteiger charge is -2.18. The second-order valence-electron chi connectivity index (χ2n) is 4.41. The number of halogens is 1. The molecule has 1 heterocycles. The Bertz CT molecular complexity index is 610. The van der Waals surface area contributed by atoms with Crippen molar-refractivity contribution in [2.75, 3.05) is 13.1 Å². The average molecular weight is 349 g/mol. The minimum atomic E-state index is -0.0822. The number of nitrogens with zero attached hydrogens (tertiary/aromatic N) is 2. The summed E-state index contributed by atoms with van der Waals surface area (Å²) in [4.78, 5) is 18.1. The SMILES string of the molecule is CCN(CC)C(=O)c1cc(Oc2ccc(Br)cc2)ccn1. The average Bonchev–Trinajstić information content (AvgIpc) is 2.51. The van der Waals surface area contributed by atoms with Crippen molar-refractivity contribution in [2.45, 2.75) is 13.8 Å². The largest absolute Gasteiger partial charge is 0.457 e. The van der Waals surface area contributed by atoms with E-state index in [1.165, 1.54) is 0 Å². The van der Waals surface area contributed by atoms with Gasteiger partial charge in [-0.25, -0.2) is 0 Å². The fourth-order valence-corrected chi connectivity index (χ4v) is 2.17. The molecule has 4 nitrogen and oxygen atoms in total. The number of amides is 1. The number of aromatic nitrogens is 1.